The standard InChI is InChI=1S/C18H34/c1-3-5-7-9-11-13-15-17-18-16-14-12-10-8-6-4-2/h7,9,17-18H,3-6,8,10-16H2,1-2H3. The van der Waals surface area contributed by atoms with Crippen LogP contribution in [0.3, 0.4) is 0 Å². The van der Waals surface area contributed by atoms with Gasteiger partial charge in [0.2, 0.25) is 0 Å². The number of unbranched alkanes of at least 4 members (excludes halogenated alkanes) is 9. The van der Waals surface area contributed by atoms with Crippen LogP contribution in [-0.2, 0) is 0 Å². The smallest absolute Gasteiger partial charge is 0.0348 e. The van der Waals surface area contributed by atoms with Crippen molar-refractivity contribution < 1.29 is 0 Å². The summed E-state index contributed by atoms with van der Waals surface area (Å²) < 4.78 is 0. The molecule has 0 saturated carbocycles. The zero-order chi connectivity index (χ0) is 13.3. The molecule has 0 unspecified atom stereocenters. The SMILES string of the molecule is CCCC=CCCCC=CCCCCCCCC. The van der Waals surface area contributed by atoms with Crippen molar-refractivity contribution >= 4 is 0 Å². The van der Waals surface area contributed by atoms with Crippen molar-refractivity contribution in [1.29, 1.82) is 0 Å². The van der Waals surface area contributed by atoms with Crippen LogP contribution in [0.5, 0.6) is 0 Å². The van der Waals surface area contributed by atoms with Gasteiger partial charge in [0.25, 0.3) is 0 Å². The molecule has 0 rings (SSSR count). The van der Waals surface area contributed by atoms with Gasteiger partial charge in [-0.1, -0.05) is 76.7 Å². The van der Waals surface area contributed by atoms with Crippen molar-refractivity contribution in [2.45, 2.75) is 90.9 Å². The highest BCUT2D eigenvalue weighted by Gasteiger charge is 1.88. The molecule has 0 nitrogen and oxygen atoms in total. The van der Waals surface area contributed by atoms with Crippen molar-refractivity contribution in [3.05, 3.63) is 24.3 Å². The Hall–Kier alpha value is -0.520. The molecular formula is C18H34. The molecule has 106 valence electrons. The third-order valence-corrected chi connectivity index (χ3v) is 3.25. The Morgan fingerprint density at radius 3 is 1.56 bits per heavy atom. The summed E-state index contributed by atoms with van der Waals surface area (Å²) in [5.41, 5.74) is 0. The van der Waals surface area contributed by atoms with Crippen molar-refractivity contribution in [3.8, 4) is 0 Å². The number of hydrogen-bond donors (Lipinski definition) is 0. The molecule has 0 radical (unpaired) electrons. The van der Waals surface area contributed by atoms with Crippen LogP contribution >= 0.6 is 0 Å². The molecule has 0 aromatic carbocycles. The number of hydrogen-bond acceptors (Lipinski definition) is 0. The summed E-state index contributed by atoms with van der Waals surface area (Å²) in [4.78, 5) is 0. The Bertz CT molecular complexity index is 188. The maximum atomic E-state index is 2.38. The van der Waals surface area contributed by atoms with E-state index < -0.39 is 0 Å². The molecule has 0 atom stereocenters. The average molecular weight is 250 g/mol. The number of rotatable bonds is 13. The van der Waals surface area contributed by atoms with E-state index in [1.54, 1.807) is 0 Å². The third kappa shape index (κ3) is 15.5. The van der Waals surface area contributed by atoms with Gasteiger partial charge in [0.1, 0.15) is 0 Å². The molecule has 0 N–H and O–H groups in total. The van der Waals surface area contributed by atoms with Crippen LogP contribution in [0.4, 0.5) is 0 Å². The Labute approximate surface area is 116 Å². The Morgan fingerprint density at radius 1 is 0.444 bits per heavy atom. The molecular weight excluding hydrogens is 216 g/mol. The minimum Gasteiger partial charge on any atom is -0.0885 e. The van der Waals surface area contributed by atoms with Crippen molar-refractivity contribution in [1.82, 2.24) is 0 Å². The molecule has 18 heavy (non-hydrogen) atoms. The second kappa shape index (κ2) is 16.5. The Kier molecular flexibility index (Phi) is 16.0. The van der Waals surface area contributed by atoms with E-state index >= 15 is 0 Å². The summed E-state index contributed by atoms with van der Waals surface area (Å²) in [6.07, 6.45) is 25.5. The first-order valence-corrected chi connectivity index (χ1v) is 8.21. The molecule has 0 spiro atoms. The molecule has 0 aliphatic heterocycles. The van der Waals surface area contributed by atoms with Gasteiger partial charge in [-0.25, -0.2) is 0 Å². The van der Waals surface area contributed by atoms with Gasteiger partial charge in [0.15, 0.2) is 0 Å². The van der Waals surface area contributed by atoms with Gasteiger partial charge in [-0.3, -0.25) is 0 Å². The summed E-state index contributed by atoms with van der Waals surface area (Å²) in [7, 11) is 0. The Morgan fingerprint density at radius 2 is 0.944 bits per heavy atom. The van der Waals surface area contributed by atoms with E-state index in [0.717, 1.165) is 0 Å². The minimum absolute atomic E-state index is 1.24. The molecule has 0 amide bonds. The molecule has 0 bridgehead atoms. The van der Waals surface area contributed by atoms with E-state index in [9.17, 15) is 0 Å². The topological polar surface area (TPSA) is 0 Å². The van der Waals surface area contributed by atoms with E-state index in [4.69, 9.17) is 0 Å². The lowest BCUT2D eigenvalue weighted by Gasteiger charge is -1.97. The highest BCUT2D eigenvalue weighted by atomic mass is 13.9. The van der Waals surface area contributed by atoms with E-state index in [1.165, 1.54) is 77.0 Å². The van der Waals surface area contributed by atoms with Crippen molar-refractivity contribution in [2.75, 3.05) is 0 Å². The lowest BCUT2D eigenvalue weighted by atomic mass is 10.1. The van der Waals surface area contributed by atoms with Gasteiger partial charge in [0.05, 0.1) is 0 Å². The first-order chi connectivity index (χ1) is 8.91. The molecule has 0 aliphatic rings. The zero-order valence-corrected chi connectivity index (χ0v) is 12.8. The van der Waals surface area contributed by atoms with Crippen LogP contribution < -0.4 is 0 Å². The molecule has 0 fully saturated rings. The maximum absolute atomic E-state index is 2.38. The van der Waals surface area contributed by atoms with Crippen molar-refractivity contribution in [2.24, 2.45) is 0 Å². The van der Waals surface area contributed by atoms with Crippen LogP contribution in [0, 0.1) is 0 Å². The fraction of sp³-hybridized carbons (Fsp3) is 0.778. The van der Waals surface area contributed by atoms with E-state index in [-0.39, 0.29) is 0 Å². The van der Waals surface area contributed by atoms with E-state index in [1.807, 2.05) is 0 Å². The molecule has 0 heteroatoms. The van der Waals surface area contributed by atoms with Crippen LogP contribution in [0.25, 0.3) is 0 Å². The summed E-state index contributed by atoms with van der Waals surface area (Å²) in [5, 5.41) is 0. The lowest BCUT2D eigenvalue weighted by molar-refractivity contribution is 0.611. The summed E-state index contributed by atoms with van der Waals surface area (Å²) in [6.45, 7) is 4.51. The zero-order valence-electron chi connectivity index (χ0n) is 12.8. The number of allylic oxidation sites excluding steroid dienone is 4. The summed E-state index contributed by atoms with van der Waals surface area (Å²) in [5.74, 6) is 0. The predicted molar refractivity (Wildman–Crippen MR) is 85.0 cm³/mol. The van der Waals surface area contributed by atoms with Gasteiger partial charge in [0, 0.05) is 0 Å². The largest absolute Gasteiger partial charge is 0.0885 e. The summed E-state index contributed by atoms with van der Waals surface area (Å²) >= 11 is 0. The molecule has 0 aliphatic carbocycles. The highest BCUT2D eigenvalue weighted by molar-refractivity contribution is 4.85. The first kappa shape index (κ1) is 17.5. The fourth-order valence-corrected chi connectivity index (χ4v) is 2.03. The highest BCUT2D eigenvalue weighted by Crippen LogP contribution is 2.07. The van der Waals surface area contributed by atoms with Crippen LogP contribution in [0.2, 0.25) is 0 Å². The van der Waals surface area contributed by atoms with Crippen LogP contribution in [0.15, 0.2) is 24.3 Å². The van der Waals surface area contributed by atoms with Gasteiger partial charge in [-0.2, -0.15) is 0 Å². The predicted octanol–water partition coefficient (Wildman–Crippen LogP) is 6.82. The van der Waals surface area contributed by atoms with Crippen LogP contribution in [0.1, 0.15) is 90.9 Å². The quantitative estimate of drug-likeness (QED) is 0.248. The van der Waals surface area contributed by atoms with Gasteiger partial charge in [-0.05, 0) is 38.5 Å². The van der Waals surface area contributed by atoms with Crippen molar-refractivity contribution in [3.63, 3.8) is 0 Å². The second-order valence-corrected chi connectivity index (χ2v) is 5.22. The monoisotopic (exact) mass is 250 g/mol. The van der Waals surface area contributed by atoms with E-state index in [2.05, 4.69) is 38.2 Å². The Balaban J connectivity index is 3.09. The molecule has 0 heterocycles. The van der Waals surface area contributed by atoms with E-state index in [0.29, 0.717) is 0 Å². The van der Waals surface area contributed by atoms with Gasteiger partial charge < -0.3 is 0 Å². The van der Waals surface area contributed by atoms with Gasteiger partial charge >= 0.3 is 0 Å². The fourth-order valence-electron chi connectivity index (χ4n) is 2.03. The molecule has 0 aromatic heterocycles. The van der Waals surface area contributed by atoms with Crippen LogP contribution in [-0.4, -0.2) is 0 Å². The maximum Gasteiger partial charge on any atom is -0.0348 e. The van der Waals surface area contributed by atoms with Gasteiger partial charge in [-0.15, -0.1) is 0 Å². The molecule has 0 saturated heterocycles. The summed E-state index contributed by atoms with van der Waals surface area (Å²) in [6, 6.07) is 0. The molecule has 0 aromatic rings. The normalized spacial score (nSPS) is 11.9. The third-order valence-electron chi connectivity index (χ3n) is 3.25. The first-order valence-electron chi connectivity index (χ1n) is 8.21. The average Bonchev–Trinajstić information content (AvgIpc) is 2.39. The second-order valence-electron chi connectivity index (χ2n) is 5.22. The minimum atomic E-state index is 1.24. The lowest BCUT2D eigenvalue weighted by Crippen LogP contribution is -1.77.